The Bertz CT molecular complexity index is 880. The smallest absolute Gasteiger partial charge is 0.245 e. The zero-order valence-electron chi connectivity index (χ0n) is 17.8. The first-order valence-corrected chi connectivity index (χ1v) is 10.7. The first-order chi connectivity index (χ1) is 14.3. The molecule has 0 saturated carbocycles. The Balaban J connectivity index is 1.99. The fourth-order valence-electron chi connectivity index (χ4n) is 4.90. The summed E-state index contributed by atoms with van der Waals surface area (Å²) >= 11 is 6.05. The highest BCUT2D eigenvalue weighted by molar-refractivity contribution is 6.30. The number of halogens is 1. The van der Waals surface area contributed by atoms with Crippen LogP contribution in [-0.2, 0) is 9.59 Å². The predicted octanol–water partition coefficient (Wildman–Crippen LogP) is 3.84. The van der Waals surface area contributed by atoms with Crippen LogP contribution in [0, 0.1) is 23.2 Å². The molecule has 2 fully saturated rings. The second kappa shape index (κ2) is 9.13. The van der Waals surface area contributed by atoms with E-state index in [0.717, 1.165) is 12.1 Å². The zero-order chi connectivity index (χ0) is 22.0. The summed E-state index contributed by atoms with van der Waals surface area (Å²) in [5, 5.41) is 9.04. The molecule has 0 aromatic heterocycles. The van der Waals surface area contributed by atoms with Crippen LogP contribution in [0.15, 0.2) is 41.9 Å². The molecule has 30 heavy (non-hydrogen) atoms. The first kappa shape index (κ1) is 22.2. The average molecular weight is 429 g/mol. The number of rotatable bonds is 4. The van der Waals surface area contributed by atoms with Crippen LogP contribution in [0.3, 0.4) is 0 Å². The maximum Gasteiger partial charge on any atom is 0.245 e. The van der Waals surface area contributed by atoms with Crippen LogP contribution in [0.1, 0.15) is 26.7 Å². The number of hydrogen-bond donors (Lipinski definition) is 1. The molecule has 4 unspecified atom stereocenters. The number of benzene rings is 1. The summed E-state index contributed by atoms with van der Waals surface area (Å²) in [7, 11) is 1.73. The van der Waals surface area contributed by atoms with Gasteiger partial charge < -0.3 is 10.3 Å². The van der Waals surface area contributed by atoms with Crippen molar-refractivity contribution >= 4 is 40.5 Å². The van der Waals surface area contributed by atoms with Crippen molar-refractivity contribution in [2.45, 2.75) is 32.7 Å². The summed E-state index contributed by atoms with van der Waals surface area (Å²) in [6.45, 7) is 8.71. The molecule has 2 heterocycles. The third-order valence-corrected chi connectivity index (χ3v) is 6.67. The Labute approximate surface area is 183 Å². The largest absolute Gasteiger partial charge is 0.339 e. The van der Waals surface area contributed by atoms with Crippen LogP contribution >= 0.6 is 11.6 Å². The molecule has 0 radical (unpaired) electrons. The van der Waals surface area contributed by atoms with E-state index in [1.54, 1.807) is 35.9 Å². The van der Waals surface area contributed by atoms with E-state index in [9.17, 15) is 9.59 Å². The monoisotopic (exact) mass is 428 g/mol. The highest BCUT2D eigenvalue weighted by Gasteiger charge is 2.44. The second-order valence-electron chi connectivity index (χ2n) is 8.17. The normalized spacial score (nSPS) is 28.5. The molecule has 0 aliphatic carbocycles. The van der Waals surface area contributed by atoms with Gasteiger partial charge in [-0.2, -0.15) is 0 Å². The van der Waals surface area contributed by atoms with Crippen molar-refractivity contribution in [1.82, 2.24) is 4.90 Å². The summed E-state index contributed by atoms with van der Waals surface area (Å²) < 4.78 is 0. The van der Waals surface area contributed by atoms with Crippen molar-refractivity contribution in [3.8, 4) is 0 Å². The summed E-state index contributed by atoms with van der Waals surface area (Å²) in [6.07, 6.45) is 2.56. The lowest BCUT2D eigenvalue weighted by atomic mass is 9.76. The highest BCUT2D eigenvalue weighted by Crippen LogP contribution is 2.38. The van der Waals surface area contributed by atoms with E-state index in [1.165, 1.54) is 6.08 Å². The van der Waals surface area contributed by atoms with Crippen molar-refractivity contribution in [2.75, 3.05) is 25.0 Å². The molecule has 2 saturated heterocycles. The summed E-state index contributed by atoms with van der Waals surface area (Å²) in [5.41, 5.74) is 1.92. The average Bonchev–Trinajstić information content (AvgIpc) is 3.17. The number of aliphatic imine (C=N–C) groups is 1. The lowest BCUT2D eigenvalue weighted by Gasteiger charge is -2.32. The summed E-state index contributed by atoms with van der Waals surface area (Å²) in [4.78, 5) is 33.6. The van der Waals surface area contributed by atoms with Crippen LogP contribution in [0.5, 0.6) is 0 Å². The topological polar surface area (TPSA) is 76.8 Å². The number of nitrogens with zero attached hydrogens (tertiary/aromatic N) is 3. The molecule has 0 bridgehead atoms. The lowest BCUT2D eigenvalue weighted by Crippen LogP contribution is -2.49. The third kappa shape index (κ3) is 4.19. The Morgan fingerprint density at radius 3 is 2.57 bits per heavy atom. The van der Waals surface area contributed by atoms with Crippen LogP contribution in [0.2, 0.25) is 5.02 Å². The molecule has 1 aromatic rings. The summed E-state index contributed by atoms with van der Waals surface area (Å²) in [6, 6.07) is 6.62. The van der Waals surface area contributed by atoms with E-state index in [1.807, 2.05) is 12.1 Å². The number of likely N-dealkylation sites (tertiary alicyclic amines) is 1. The van der Waals surface area contributed by atoms with Gasteiger partial charge in [0.1, 0.15) is 6.04 Å². The molecule has 6 nitrogen and oxygen atoms in total. The Kier molecular flexibility index (Phi) is 6.76. The zero-order valence-corrected chi connectivity index (χ0v) is 18.5. The Hall–Kier alpha value is -2.47. The van der Waals surface area contributed by atoms with E-state index in [2.05, 4.69) is 18.5 Å². The Morgan fingerprint density at radius 1 is 1.33 bits per heavy atom. The van der Waals surface area contributed by atoms with Gasteiger partial charge in [-0.05, 0) is 55.5 Å². The lowest BCUT2D eigenvalue weighted by molar-refractivity contribution is -0.125. The molecule has 0 spiro atoms. The summed E-state index contributed by atoms with van der Waals surface area (Å²) in [5.74, 6) is 0.188. The molecule has 1 aromatic carbocycles. The quantitative estimate of drug-likeness (QED) is 0.584. The first-order valence-electron chi connectivity index (χ1n) is 10.3. The molecule has 4 atom stereocenters. The Morgan fingerprint density at radius 2 is 2.00 bits per heavy atom. The number of carbonyl (C=O) groups excluding carboxylic acids is 2. The highest BCUT2D eigenvalue weighted by atomic mass is 35.5. The van der Waals surface area contributed by atoms with Crippen molar-refractivity contribution in [3.63, 3.8) is 0 Å². The number of anilines is 1. The molecule has 3 rings (SSSR count). The second-order valence-corrected chi connectivity index (χ2v) is 8.60. The van der Waals surface area contributed by atoms with Gasteiger partial charge in [-0.15, -0.1) is 0 Å². The maximum atomic E-state index is 13.5. The standard InChI is InChI=1S/C23H29ClN4O2/c1-5-20(29)27-11-10-16(13-27)19-12-21(30)28(18-8-6-17(24)7-9-18)23(15(3)25)22(26-4)14(19)2/h5-9,14,16,19,23,25H,1,10-13H2,2-4H3. The molecule has 7 heteroatoms. The van der Waals surface area contributed by atoms with Crippen molar-refractivity contribution in [3.05, 3.63) is 41.9 Å². The van der Waals surface area contributed by atoms with Crippen LogP contribution in [-0.4, -0.2) is 54.3 Å². The van der Waals surface area contributed by atoms with Gasteiger partial charge in [0.2, 0.25) is 11.8 Å². The minimum atomic E-state index is -0.518. The molecule has 2 amide bonds. The van der Waals surface area contributed by atoms with Crippen LogP contribution in [0.4, 0.5) is 5.69 Å². The van der Waals surface area contributed by atoms with Gasteiger partial charge in [0, 0.05) is 54.6 Å². The van der Waals surface area contributed by atoms with E-state index in [4.69, 9.17) is 17.0 Å². The number of nitrogens with one attached hydrogen (secondary N) is 1. The van der Waals surface area contributed by atoms with Gasteiger partial charge >= 0.3 is 0 Å². The van der Waals surface area contributed by atoms with Gasteiger partial charge in [-0.1, -0.05) is 25.1 Å². The predicted molar refractivity (Wildman–Crippen MR) is 122 cm³/mol. The van der Waals surface area contributed by atoms with Gasteiger partial charge in [0.15, 0.2) is 0 Å². The SMILES string of the molecule is C=CC(=O)N1CCC(C2CC(=O)N(c3ccc(Cl)cc3)C(C(C)=N)C(=NC)C2C)C1. The number of hydrogen-bond acceptors (Lipinski definition) is 4. The molecule has 160 valence electrons. The van der Waals surface area contributed by atoms with E-state index in [0.29, 0.717) is 35.9 Å². The van der Waals surface area contributed by atoms with Crippen molar-refractivity contribution in [2.24, 2.45) is 22.7 Å². The third-order valence-electron chi connectivity index (χ3n) is 6.42. The fourth-order valence-corrected chi connectivity index (χ4v) is 5.02. The maximum absolute atomic E-state index is 13.5. The van der Waals surface area contributed by atoms with Gasteiger partial charge in [-0.3, -0.25) is 19.5 Å². The van der Waals surface area contributed by atoms with Crippen LogP contribution < -0.4 is 4.90 Å². The fraction of sp³-hybridized carbons (Fsp3) is 0.478. The van der Waals surface area contributed by atoms with Crippen molar-refractivity contribution < 1.29 is 9.59 Å². The van der Waals surface area contributed by atoms with E-state index < -0.39 is 6.04 Å². The molecule has 2 aliphatic rings. The molecule has 2 aliphatic heterocycles. The molecular weight excluding hydrogens is 400 g/mol. The van der Waals surface area contributed by atoms with Crippen molar-refractivity contribution in [1.29, 1.82) is 5.41 Å². The van der Waals surface area contributed by atoms with Crippen LogP contribution in [0.25, 0.3) is 0 Å². The minimum Gasteiger partial charge on any atom is -0.339 e. The van der Waals surface area contributed by atoms with E-state index in [-0.39, 0.29) is 29.6 Å². The number of amides is 2. The van der Waals surface area contributed by atoms with Gasteiger partial charge in [0.05, 0.1) is 0 Å². The molecular formula is C23H29ClN4O2. The van der Waals surface area contributed by atoms with Gasteiger partial charge in [-0.25, -0.2) is 0 Å². The number of carbonyl (C=O) groups is 2. The molecule has 1 N–H and O–H groups in total. The minimum absolute atomic E-state index is 0.0188. The van der Waals surface area contributed by atoms with E-state index >= 15 is 0 Å². The van der Waals surface area contributed by atoms with Gasteiger partial charge in [0.25, 0.3) is 0 Å².